The molecule has 0 aromatic heterocycles. The third-order valence-corrected chi connectivity index (χ3v) is 5.68. The van der Waals surface area contributed by atoms with E-state index in [2.05, 4.69) is 21.2 Å². The molecular weight excluding hydrogens is 467 g/mol. The summed E-state index contributed by atoms with van der Waals surface area (Å²) in [5.41, 5.74) is 2.67. The number of carbonyl (C=O) groups excluding carboxylic acids is 1. The highest BCUT2D eigenvalue weighted by atomic mass is 79.9. The summed E-state index contributed by atoms with van der Waals surface area (Å²) in [6, 6.07) is 27.4. The topological polar surface area (TPSA) is 52.9 Å². The number of hydrogen-bond acceptors (Lipinski definition) is 2. The van der Waals surface area contributed by atoms with Crippen LogP contribution in [0.5, 0.6) is 0 Å². The molecule has 0 radical (unpaired) electrons. The van der Waals surface area contributed by atoms with Crippen LogP contribution in [-0.4, -0.2) is 5.91 Å². The van der Waals surface area contributed by atoms with E-state index >= 15 is 0 Å². The van der Waals surface area contributed by atoms with Gasteiger partial charge in [0, 0.05) is 16.6 Å². The highest BCUT2D eigenvalue weighted by Gasteiger charge is 2.14. The minimum Gasteiger partial charge on any atom is -0.321 e. The maximum absolute atomic E-state index is 14.3. The standard InChI is InChI=1S/C27H18BrFN2O/c28-22-11-13-23(14-12-22)31-27(32)21(17-30)16-25-19(15-20-6-2-4-8-26(20)29)10-9-18-5-1-3-7-24(18)25/h1-14,16H,15H2,(H,31,32)/b21-16+. The second-order valence-electron chi connectivity index (χ2n) is 7.26. The van der Waals surface area contributed by atoms with Crippen LogP contribution in [0.2, 0.25) is 0 Å². The molecule has 4 aromatic carbocycles. The van der Waals surface area contributed by atoms with Gasteiger partial charge in [0.25, 0.3) is 5.91 Å². The smallest absolute Gasteiger partial charge is 0.266 e. The zero-order valence-electron chi connectivity index (χ0n) is 17.0. The molecule has 0 saturated carbocycles. The van der Waals surface area contributed by atoms with Gasteiger partial charge in [0.15, 0.2) is 0 Å². The third-order valence-electron chi connectivity index (χ3n) is 5.16. The van der Waals surface area contributed by atoms with Crippen molar-refractivity contribution in [1.82, 2.24) is 0 Å². The number of benzene rings is 4. The molecule has 0 aliphatic carbocycles. The van der Waals surface area contributed by atoms with Gasteiger partial charge in [-0.15, -0.1) is 0 Å². The van der Waals surface area contributed by atoms with Gasteiger partial charge in [-0.3, -0.25) is 4.79 Å². The van der Waals surface area contributed by atoms with Crippen molar-refractivity contribution in [3.8, 4) is 6.07 Å². The van der Waals surface area contributed by atoms with Gasteiger partial charge in [-0.25, -0.2) is 4.39 Å². The fraction of sp³-hybridized carbons (Fsp3) is 0.0370. The third kappa shape index (κ3) is 4.77. The van der Waals surface area contributed by atoms with Gasteiger partial charge in [-0.2, -0.15) is 5.26 Å². The van der Waals surface area contributed by atoms with Crippen LogP contribution >= 0.6 is 15.9 Å². The fourth-order valence-electron chi connectivity index (χ4n) is 3.54. The van der Waals surface area contributed by atoms with E-state index in [0.717, 1.165) is 26.4 Å². The molecule has 1 N–H and O–H groups in total. The molecule has 0 saturated heterocycles. The highest BCUT2D eigenvalue weighted by molar-refractivity contribution is 9.10. The summed E-state index contributed by atoms with van der Waals surface area (Å²) in [5.74, 6) is -0.788. The summed E-state index contributed by atoms with van der Waals surface area (Å²) in [5, 5.41) is 14.4. The number of halogens is 2. The van der Waals surface area contributed by atoms with Crippen molar-refractivity contribution in [2.24, 2.45) is 0 Å². The van der Waals surface area contributed by atoms with Crippen LogP contribution in [0.3, 0.4) is 0 Å². The Morgan fingerprint density at radius 2 is 1.66 bits per heavy atom. The first kappa shape index (κ1) is 21.5. The molecule has 0 heterocycles. The Kier molecular flexibility index (Phi) is 6.44. The molecule has 0 spiro atoms. The SMILES string of the molecule is N#C/C(=C\c1c(Cc2ccccc2F)ccc2ccccc12)C(=O)Nc1ccc(Br)cc1. The Labute approximate surface area is 193 Å². The first-order valence-electron chi connectivity index (χ1n) is 9.98. The van der Waals surface area contributed by atoms with E-state index < -0.39 is 5.91 Å². The van der Waals surface area contributed by atoms with E-state index in [1.165, 1.54) is 6.07 Å². The van der Waals surface area contributed by atoms with Gasteiger partial charge < -0.3 is 5.32 Å². The van der Waals surface area contributed by atoms with Crippen molar-refractivity contribution < 1.29 is 9.18 Å². The second-order valence-corrected chi connectivity index (χ2v) is 8.17. The number of anilines is 1. The quantitative estimate of drug-likeness (QED) is 0.248. The van der Waals surface area contributed by atoms with Crippen molar-refractivity contribution in [1.29, 1.82) is 5.26 Å². The molecule has 5 heteroatoms. The lowest BCUT2D eigenvalue weighted by molar-refractivity contribution is -0.112. The highest BCUT2D eigenvalue weighted by Crippen LogP contribution is 2.28. The van der Waals surface area contributed by atoms with Crippen LogP contribution in [-0.2, 0) is 11.2 Å². The number of amides is 1. The van der Waals surface area contributed by atoms with E-state index in [4.69, 9.17) is 0 Å². The van der Waals surface area contributed by atoms with Crippen LogP contribution in [0, 0.1) is 17.1 Å². The van der Waals surface area contributed by atoms with Crippen molar-refractivity contribution in [3.05, 3.63) is 117 Å². The van der Waals surface area contributed by atoms with Crippen LogP contribution in [0.1, 0.15) is 16.7 Å². The molecule has 0 fully saturated rings. The normalized spacial score (nSPS) is 11.2. The van der Waals surface area contributed by atoms with E-state index in [0.29, 0.717) is 17.7 Å². The molecule has 0 aliphatic heterocycles. The monoisotopic (exact) mass is 484 g/mol. The molecule has 3 nitrogen and oxygen atoms in total. The molecule has 32 heavy (non-hydrogen) atoms. The van der Waals surface area contributed by atoms with Gasteiger partial charge in [0.05, 0.1) is 0 Å². The molecular formula is C27H18BrFN2O. The van der Waals surface area contributed by atoms with Crippen LogP contribution in [0.4, 0.5) is 10.1 Å². The number of nitrogens with zero attached hydrogens (tertiary/aromatic N) is 1. The van der Waals surface area contributed by atoms with Gasteiger partial charge in [-0.05, 0) is 63.9 Å². The van der Waals surface area contributed by atoms with Gasteiger partial charge in [0.2, 0.25) is 0 Å². The lowest BCUT2D eigenvalue weighted by Crippen LogP contribution is -2.13. The van der Waals surface area contributed by atoms with Crippen LogP contribution in [0.25, 0.3) is 16.8 Å². The van der Waals surface area contributed by atoms with Gasteiger partial charge in [-0.1, -0.05) is 70.5 Å². The number of rotatable bonds is 5. The van der Waals surface area contributed by atoms with Crippen molar-refractivity contribution >= 4 is 44.4 Å². The molecule has 1 amide bonds. The molecule has 0 aliphatic rings. The molecule has 0 bridgehead atoms. The van der Waals surface area contributed by atoms with Crippen LogP contribution < -0.4 is 5.32 Å². The first-order valence-corrected chi connectivity index (χ1v) is 10.8. The Bertz CT molecular complexity index is 1370. The number of hydrogen-bond donors (Lipinski definition) is 1. The predicted octanol–water partition coefficient (Wildman–Crippen LogP) is 6.88. The van der Waals surface area contributed by atoms with Crippen molar-refractivity contribution in [3.63, 3.8) is 0 Å². The second kappa shape index (κ2) is 9.59. The summed E-state index contributed by atoms with van der Waals surface area (Å²) >= 11 is 3.36. The van der Waals surface area contributed by atoms with Crippen molar-refractivity contribution in [2.75, 3.05) is 5.32 Å². The number of carbonyl (C=O) groups is 1. The summed E-state index contributed by atoms with van der Waals surface area (Å²) < 4.78 is 15.2. The Hall–Kier alpha value is -3.75. The minimum absolute atomic E-state index is 0.0287. The van der Waals surface area contributed by atoms with E-state index in [9.17, 15) is 14.4 Å². The fourth-order valence-corrected chi connectivity index (χ4v) is 3.80. The molecule has 0 unspecified atom stereocenters. The first-order chi connectivity index (χ1) is 15.5. The average Bonchev–Trinajstić information content (AvgIpc) is 2.81. The zero-order valence-corrected chi connectivity index (χ0v) is 18.6. The number of nitrogens with one attached hydrogen (secondary N) is 1. The maximum Gasteiger partial charge on any atom is 0.266 e. The lowest BCUT2D eigenvalue weighted by atomic mass is 9.93. The minimum atomic E-state index is -0.500. The van der Waals surface area contributed by atoms with E-state index in [-0.39, 0.29) is 11.4 Å². The zero-order chi connectivity index (χ0) is 22.5. The summed E-state index contributed by atoms with van der Waals surface area (Å²) in [4.78, 5) is 12.8. The number of fused-ring (bicyclic) bond motifs is 1. The summed E-state index contributed by atoms with van der Waals surface area (Å²) in [6.07, 6.45) is 1.93. The Balaban J connectivity index is 1.77. The lowest BCUT2D eigenvalue weighted by Gasteiger charge is -2.12. The van der Waals surface area contributed by atoms with Gasteiger partial charge >= 0.3 is 0 Å². The maximum atomic E-state index is 14.3. The number of nitriles is 1. The molecule has 156 valence electrons. The summed E-state index contributed by atoms with van der Waals surface area (Å²) in [7, 11) is 0. The molecule has 0 atom stereocenters. The Morgan fingerprint density at radius 1 is 0.938 bits per heavy atom. The molecule has 4 aromatic rings. The summed E-state index contributed by atoms with van der Waals surface area (Å²) in [6.45, 7) is 0. The van der Waals surface area contributed by atoms with E-state index in [1.807, 2.05) is 54.6 Å². The van der Waals surface area contributed by atoms with Crippen molar-refractivity contribution in [2.45, 2.75) is 6.42 Å². The Morgan fingerprint density at radius 3 is 2.41 bits per heavy atom. The van der Waals surface area contributed by atoms with Gasteiger partial charge in [0.1, 0.15) is 17.5 Å². The largest absolute Gasteiger partial charge is 0.321 e. The average molecular weight is 485 g/mol. The predicted molar refractivity (Wildman–Crippen MR) is 130 cm³/mol. The molecule has 4 rings (SSSR count). The van der Waals surface area contributed by atoms with Crippen LogP contribution in [0.15, 0.2) is 95.0 Å². The van der Waals surface area contributed by atoms with E-state index in [1.54, 1.807) is 36.4 Å².